The van der Waals surface area contributed by atoms with Crippen LogP contribution >= 0.6 is 0 Å². The van der Waals surface area contributed by atoms with Gasteiger partial charge >= 0.3 is 0 Å². The molecule has 3 aromatic heterocycles. The largest absolute Gasteiger partial charge is 0.550 e. The van der Waals surface area contributed by atoms with Crippen LogP contribution in [-0.2, 0) is 11.3 Å². The number of fused-ring (bicyclic) bond motifs is 3. The van der Waals surface area contributed by atoms with Crippen LogP contribution in [0.4, 0.5) is 0 Å². The fourth-order valence-electron chi connectivity index (χ4n) is 4.77. The van der Waals surface area contributed by atoms with Crippen LogP contribution in [0.5, 0.6) is 0 Å². The molecule has 178 valence electrons. The Morgan fingerprint density at radius 1 is 0.722 bits per heavy atom. The molecule has 6 rings (SSSR count). The number of aromatic nitrogens is 3. The van der Waals surface area contributed by atoms with E-state index in [1.54, 1.807) is 0 Å². The molecule has 6 aromatic rings. The SMILES string of the molecule is CC(=O)[O-].CC[n+]1c(-c2ccccc2)c2cc(-n3cccc3)ccc2c2ccc(-n3cccc3)cc21. The number of carbonyl (C=O) groups excluding carboxylic acids is 1. The Hall–Kier alpha value is -4.64. The summed E-state index contributed by atoms with van der Waals surface area (Å²) >= 11 is 0. The number of pyridine rings is 1. The lowest BCUT2D eigenvalue weighted by molar-refractivity contribution is -0.655. The number of benzene rings is 3. The zero-order chi connectivity index (χ0) is 25.1. The fraction of sp³-hybridized carbons (Fsp3) is 0.0968. The van der Waals surface area contributed by atoms with Crippen LogP contribution in [0.3, 0.4) is 0 Å². The average molecular weight is 474 g/mol. The molecule has 3 heterocycles. The minimum atomic E-state index is -1.08. The van der Waals surface area contributed by atoms with Gasteiger partial charge in [0, 0.05) is 53.5 Å². The van der Waals surface area contributed by atoms with Gasteiger partial charge in [0.1, 0.15) is 6.54 Å². The highest BCUT2D eigenvalue weighted by molar-refractivity contribution is 6.09. The first-order valence-electron chi connectivity index (χ1n) is 12.0. The van der Waals surface area contributed by atoms with Gasteiger partial charge in [-0.2, -0.15) is 4.57 Å². The molecule has 0 radical (unpaired) electrons. The van der Waals surface area contributed by atoms with Crippen LogP contribution in [0.1, 0.15) is 13.8 Å². The van der Waals surface area contributed by atoms with Gasteiger partial charge < -0.3 is 19.0 Å². The summed E-state index contributed by atoms with van der Waals surface area (Å²) in [5.74, 6) is -1.08. The Morgan fingerprint density at radius 3 is 1.81 bits per heavy atom. The summed E-state index contributed by atoms with van der Waals surface area (Å²) in [5.41, 5.74) is 6.09. The molecule has 0 aliphatic heterocycles. The predicted molar refractivity (Wildman–Crippen MR) is 142 cm³/mol. The number of hydrogen-bond donors (Lipinski definition) is 0. The van der Waals surface area contributed by atoms with E-state index >= 15 is 0 Å². The van der Waals surface area contributed by atoms with Gasteiger partial charge in [0.15, 0.2) is 0 Å². The van der Waals surface area contributed by atoms with Gasteiger partial charge in [-0.1, -0.05) is 24.3 Å². The lowest BCUT2D eigenvalue weighted by Gasteiger charge is -2.14. The first-order valence-corrected chi connectivity index (χ1v) is 12.0. The van der Waals surface area contributed by atoms with E-state index in [-0.39, 0.29) is 0 Å². The van der Waals surface area contributed by atoms with Crippen LogP contribution in [0.25, 0.3) is 44.3 Å². The zero-order valence-corrected chi connectivity index (χ0v) is 20.3. The topological polar surface area (TPSA) is 53.9 Å². The van der Waals surface area contributed by atoms with Crippen molar-refractivity contribution < 1.29 is 14.5 Å². The maximum Gasteiger partial charge on any atom is 0.220 e. The third-order valence-electron chi connectivity index (χ3n) is 6.26. The third kappa shape index (κ3) is 4.39. The summed E-state index contributed by atoms with van der Waals surface area (Å²) in [6.45, 7) is 4.09. The Morgan fingerprint density at radius 2 is 1.25 bits per heavy atom. The predicted octanol–water partition coefficient (Wildman–Crippen LogP) is 5.31. The fourth-order valence-corrected chi connectivity index (χ4v) is 4.77. The van der Waals surface area contributed by atoms with Crippen LogP contribution in [0.15, 0.2) is 116 Å². The lowest BCUT2D eigenvalue weighted by atomic mass is 9.98. The minimum Gasteiger partial charge on any atom is -0.550 e. The van der Waals surface area contributed by atoms with E-state index in [0.29, 0.717) is 0 Å². The highest BCUT2D eigenvalue weighted by atomic mass is 16.4. The minimum absolute atomic E-state index is 0.888. The van der Waals surface area contributed by atoms with Gasteiger partial charge in [-0.05, 0) is 74.5 Å². The summed E-state index contributed by atoms with van der Waals surface area (Å²) in [6.07, 6.45) is 8.39. The quantitative estimate of drug-likeness (QED) is 0.258. The molecular weight excluding hydrogens is 446 g/mol. The summed E-state index contributed by atoms with van der Waals surface area (Å²) in [6, 6.07) is 32.6. The molecule has 0 fully saturated rings. The second kappa shape index (κ2) is 9.92. The van der Waals surface area contributed by atoms with E-state index in [2.05, 4.69) is 136 Å². The molecule has 0 spiro atoms. The number of hydrogen-bond acceptors (Lipinski definition) is 2. The lowest BCUT2D eigenvalue weighted by Crippen LogP contribution is -2.36. The number of carbonyl (C=O) groups is 1. The van der Waals surface area contributed by atoms with Crippen molar-refractivity contribution in [3.05, 3.63) is 116 Å². The average Bonchev–Trinajstić information content (AvgIpc) is 3.62. The Bertz CT molecular complexity index is 1630. The van der Waals surface area contributed by atoms with Gasteiger partial charge in [0.05, 0.1) is 16.5 Å². The molecule has 0 bridgehead atoms. The van der Waals surface area contributed by atoms with Gasteiger partial charge in [0.2, 0.25) is 11.2 Å². The van der Waals surface area contributed by atoms with Crippen molar-refractivity contribution in [1.82, 2.24) is 9.13 Å². The maximum atomic E-state index is 8.89. The molecule has 0 atom stereocenters. The summed E-state index contributed by atoms with van der Waals surface area (Å²) in [5, 5.41) is 12.7. The van der Waals surface area contributed by atoms with Crippen molar-refractivity contribution in [3.8, 4) is 22.6 Å². The second-order valence-corrected chi connectivity index (χ2v) is 8.56. The highest BCUT2D eigenvalue weighted by Gasteiger charge is 2.23. The molecule has 0 aliphatic rings. The van der Waals surface area contributed by atoms with Crippen molar-refractivity contribution >= 4 is 27.6 Å². The molecule has 0 aliphatic carbocycles. The zero-order valence-electron chi connectivity index (χ0n) is 20.3. The highest BCUT2D eigenvalue weighted by Crippen LogP contribution is 2.33. The Labute approximate surface area is 210 Å². The monoisotopic (exact) mass is 473 g/mol. The van der Waals surface area contributed by atoms with E-state index in [9.17, 15) is 0 Å². The molecule has 0 unspecified atom stereocenters. The molecule has 5 heteroatoms. The van der Waals surface area contributed by atoms with E-state index in [4.69, 9.17) is 9.90 Å². The standard InChI is InChI=1S/C29H24N3.C2H4O2/c1-2-32-28-21-24(31-18-8-9-19-31)13-15-26(28)25-14-12-23(30-16-6-7-17-30)20-27(25)29(32)22-10-4-3-5-11-22;1-2(3)4/h3-21H,2H2,1H3;1H3,(H,3,4)/q+1;/p-1. The van der Waals surface area contributed by atoms with Crippen LogP contribution in [0.2, 0.25) is 0 Å². The van der Waals surface area contributed by atoms with Crippen LogP contribution < -0.4 is 9.67 Å². The molecular formula is C31H27N3O2. The van der Waals surface area contributed by atoms with E-state index < -0.39 is 5.97 Å². The molecule has 0 amide bonds. The first-order chi connectivity index (χ1) is 17.6. The first kappa shape index (κ1) is 23.1. The number of aryl methyl sites for hydroxylation is 1. The van der Waals surface area contributed by atoms with Gasteiger partial charge in [-0.15, -0.1) is 0 Å². The van der Waals surface area contributed by atoms with E-state index in [1.165, 1.54) is 44.3 Å². The van der Waals surface area contributed by atoms with Crippen molar-refractivity contribution in [2.24, 2.45) is 0 Å². The maximum absolute atomic E-state index is 8.89. The Balaban J connectivity index is 0.000000623. The van der Waals surface area contributed by atoms with E-state index in [1.807, 2.05) is 0 Å². The third-order valence-corrected chi connectivity index (χ3v) is 6.26. The molecule has 3 aromatic carbocycles. The number of carboxylic acids is 1. The van der Waals surface area contributed by atoms with E-state index in [0.717, 1.165) is 13.5 Å². The summed E-state index contributed by atoms with van der Waals surface area (Å²) in [4.78, 5) is 8.89. The number of carboxylic acid groups (broad SMARTS) is 1. The summed E-state index contributed by atoms with van der Waals surface area (Å²) < 4.78 is 6.80. The smallest absolute Gasteiger partial charge is 0.220 e. The molecule has 0 saturated carbocycles. The number of rotatable bonds is 4. The molecule has 0 saturated heterocycles. The van der Waals surface area contributed by atoms with Gasteiger partial charge in [-0.25, -0.2) is 0 Å². The van der Waals surface area contributed by atoms with Crippen molar-refractivity contribution in [2.45, 2.75) is 20.4 Å². The molecule has 36 heavy (non-hydrogen) atoms. The van der Waals surface area contributed by atoms with Gasteiger partial charge in [-0.3, -0.25) is 0 Å². The van der Waals surface area contributed by atoms with Crippen LogP contribution in [0, 0.1) is 0 Å². The van der Waals surface area contributed by atoms with Crippen molar-refractivity contribution in [3.63, 3.8) is 0 Å². The van der Waals surface area contributed by atoms with Crippen molar-refractivity contribution in [2.75, 3.05) is 0 Å². The Kier molecular flexibility index (Phi) is 6.37. The van der Waals surface area contributed by atoms with Gasteiger partial charge in [0.25, 0.3) is 0 Å². The molecule has 0 N–H and O–H groups in total. The number of aliphatic carboxylic acids is 1. The number of nitrogens with zero attached hydrogens (tertiary/aromatic N) is 3. The molecule has 5 nitrogen and oxygen atoms in total. The van der Waals surface area contributed by atoms with Crippen LogP contribution in [-0.4, -0.2) is 15.1 Å². The summed E-state index contributed by atoms with van der Waals surface area (Å²) in [7, 11) is 0. The van der Waals surface area contributed by atoms with Crippen molar-refractivity contribution in [1.29, 1.82) is 0 Å². The second-order valence-electron chi connectivity index (χ2n) is 8.56. The normalized spacial score (nSPS) is 10.8.